The molecule has 0 aliphatic rings. The van der Waals surface area contributed by atoms with E-state index in [-0.39, 0.29) is 29.5 Å². The van der Waals surface area contributed by atoms with Crippen LogP contribution < -0.4 is 14.8 Å². The third kappa shape index (κ3) is 6.08. The number of hydrogen-bond donors (Lipinski definition) is 1. The maximum absolute atomic E-state index is 12.7. The lowest BCUT2D eigenvalue weighted by molar-refractivity contribution is -0.384. The zero-order valence-electron chi connectivity index (χ0n) is 18.3. The van der Waals surface area contributed by atoms with Crippen LogP contribution in [0.4, 0.5) is 11.4 Å². The minimum Gasteiger partial charge on any atom is -0.470 e. The van der Waals surface area contributed by atoms with Crippen molar-refractivity contribution in [2.45, 2.75) is 13.7 Å². The Hall–Kier alpha value is -4.08. The van der Waals surface area contributed by atoms with Crippen LogP contribution in [0, 0.1) is 17.0 Å². The van der Waals surface area contributed by atoms with Gasteiger partial charge >= 0.3 is 0 Å². The molecule has 1 N–H and O–H groups in total. The number of benzene rings is 3. The van der Waals surface area contributed by atoms with Crippen molar-refractivity contribution in [3.05, 3.63) is 104 Å². The van der Waals surface area contributed by atoms with Crippen molar-refractivity contribution in [3.63, 3.8) is 0 Å². The van der Waals surface area contributed by atoms with E-state index in [1.807, 2.05) is 19.1 Å². The maximum Gasteiger partial charge on any atom is 0.276 e. The summed E-state index contributed by atoms with van der Waals surface area (Å²) < 4.78 is 12.8. The van der Waals surface area contributed by atoms with E-state index < -0.39 is 10.8 Å². The van der Waals surface area contributed by atoms with E-state index in [0.717, 1.165) is 5.56 Å². The van der Waals surface area contributed by atoms with Crippen LogP contribution in [0.25, 0.3) is 0 Å². The van der Waals surface area contributed by atoms with Crippen LogP contribution in [0.15, 0.2) is 72.9 Å². The zero-order valence-corrected chi connectivity index (χ0v) is 19.8. The molecule has 0 radical (unpaired) electrons. The Morgan fingerprint density at radius 3 is 2.63 bits per heavy atom. The number of anilines is 1. The molecule has 3 aromatic carbocycles. The number of halogens is 2. The van der Waals surface area contributed by atoms with E-state index in [9.17, 15) is 14.9 Å². The van der Waals surface area contributed by atoms with Gasteiger partial charge in [-0.05, 0) is 42.8 Å². The molecule has 178 valence electrons. The number of rotatable bonds is 8. The summed E-state index contributed by atoms with van der Waals surface area (Å²) in [7, 11) is 0. The molecule has 4 aromatic rings. The number of nitrogens with one attached hydrogen (secondary N) is 1. The summed E-state index contributed by atoms with van der Waals surface area (Å²) >= 11 is 12.0. The predicted octanol–water partition coefficient (Wildman–Crippen LogP) is 6.49. The monoisotopic (exact) mass is 512 g/mol. The molecule has 35 heavy (non-hydrogen) atoms. The third-order valence-electron chi connectivity index (χ3n) is 4.80. The van der Waals surface area contributed by atoms with Crippen LogP contribution in [0.1, 0.15) is 16.1 Å². The summed E-state index contributed by atoms with van der Waals surface area (Å²) in [5.74, 6) is 0.610. The Morgan fingerprint density at radius 2 is 1.89 bits per heavy atom. The van der Waals surface area contributed by atoms with Gasteiger partial charge in [0.25, 0.3) is 11.6 Å². The van der Waals surface area contributed by atoms with Crippen molar-refractivity contribution in [3.8, 4) is 17.2 Å². The van der Waals surface area contributed by atoms with E-state index in [1.54, 1.807) is 36.5 Å². The van der Waals surface area contributed by atoms with Crippen LogP contribution >= 0.6 is 23.2 Å². The molecule has 4 rings (SSSR count). The molecular weight excluding hydrogens is 495 g/mol. The smallest absolute Gasteiger partial charge is 0.276 e. The Kier molecular flexibility index (Phi) is 7.19. The number of amides is 1. The number of nitro benzene ring substituents is 1. The van der Waals surface area contributed by atoms with E-state index >= 15 is 0 Å². The van der Waals surface area contributed by atoms with Gasteiger partial charge in [-0.2, -0.15) is 5.10 Å². The molecule has 1 heterocycles. The number of para-hydroxylation sites is 1. The lowest BCUT2D eigenvalue weighted by Crippen LogP contribution is -2.14. The van der Waals surface area contributed by atoms with Crippen molar-refractivity contribution >= 4 is 40.5 Å². The van der Waals surface area contributed by atoms with Crippen molar-refractivity contribution < 1.29 is 19.2 Å². The number of nitro groups is 1. The SMILES string of the molecule is Cc1ccccc1Oc1cc(NC(=O)c2ccn(COc3ccc(Cl)cc3Cl)n2)cc([N+](=O)[O-])c1. The molecule has 1 amide bonds. The Morgan fingerprint density at radius 1 is 1.09 bits per heavy atom. The van der Waals surface area contributed by atoms with Crippen LogP contribution in [0.3, 0.4) is 0 Å². The molecule has 0 aliphatic carbocycles. The summed E-state index contributed by atoms with van der Waals surface area (Å²) in [5, 5.41) is 19.0. The standard InChI is InChI=1S/C24H18Cl2N4O5/c1-15-4-2-3-5-22(15)35-19-12-17(11-18(13-19)30(32)33)27-24(31)21-8-9-29(28-21)14-34-23-7-6-16(25)10-20(23)26/h2-13H,14H2,1H3,(H,27,31). The first-order chi connectivity index (χ1) is 16.8. The Bertz CT molecular complexity index is 1410. The van der Waals surface area contributed by atoms with Crippen molar-refractivity contribution in [2.24, 2.45) is 0 Å². The minimum atomic E-state index is -0.561. The highest BCUT2D eigenvalue weighted by molar-refractivity contribution is 6.35. The molecule has 0 saturated carbocycles. The lowest BCUT2D eigenvalue weighted by atomic mass is 10.2. The van der Waals surface area contributed by atoms with Gasteiger partial charge in [-0.3, -0.25) is 14.9 Å². The molecule has 11 heteroatoms. The third-order valence-corrected chi connectivity index (χ3v) is 5.33. The number of carbonyl (C=O) groups is 1. The lowest BCUT2D eigenvalue weighted by Gasteiger charge is -2.10. The van der Waals surface area contributed by atoms with E-state index in [4.69, 9.17) is 32.7 Å². The fraction of sp³-hybridized carbons (Fsp3) is 0.0833. The Labute approximate surface area is 210 Å². The summed E-state index contributed by atoms with van der Waals surface area (Å²) in [5.41, 5.74) is 0.901. The van der Waals surface area contributed by atoms with Gasteiger partial charge in [0.1, 0.15) is 17.2 Å². The summed E-state index contributed by atoms with van der Waals surface area (Å²) in [6.07, 6.45) is 1.55. The van der Waals surface area contributed by atoms with Crippen molar-refractivity contribution in [1.29, 1.82) is 0 Å². The fourth-order valence-electron chi connectivity index (χ4n) is 3.10. The molecule has 0 bridgehead atoms. The average Bonchev–Trinajstić information content (AvgIpc) is 3.29. The van der Waals surface area contributed by atoms with Gasteiger partial charge in [-0.15, -0.1) is 0 Å². The van der Waals surface area contributed by atoms with Crippen LogP contribution in [-0.2, 0) is 6.73 Å². The van der Waals surface area contributed by atoms with Gasteiger partial charge in [-0.25, -0.2) is 4.68 Å². The maximum atomic E-state index is 12.7. The number of nitrogens with zero attached hydrogens (tertiary/aromatic N) is 3. The molecule has 0 saturated heterocycles. The van der Waals surface area contributed by atoms with E-state index in [0.29, 0.717) is 21.5 Å². The van der Waals surface area contributed by atoms with E-state index in [1.165, 1.54) is 28.9 Å². The number of carbonyl (C=O) groups excluding carboxylic acids is 1. The van der Waals surface area contributed by atoms with Crippen molar-refractivity contribution in [2.75, 3.05) is 5.32 Å². The minimum absolute atomic E-state index is 0.000143. The Balaban J connectivity index is 1.47. The largest absolute Gasteiger partial charge is 0.470 e. The van der Waals surface area contributed by atoms with Crippen LogP contribution in [0.2, 0.25) is 10.0 Å². The van der Waals surface area contributed by atoms with Gasteiger partial charge in [0, 0.05) is 23.4 Å². The number of hydrogen-bond acceptors (Lipinski definition) is 6. The van der Waals surface area contributed by atoms with Gasteiger partial charge in [-0.1, -0.05) is 41.4 Å². The second kappa shape index (κ2) is 10.5. The molecular formula is C24H18Cl2N4O5. The number of aryl methyl sites for hydroxylation is 1. The summed E-state index contributed by atoms with van der Waals surface area (Å²) in [6.45, 7) is 1.86. The summed E-state index contributed by atoms with van der Waals surface area (Å²) in [6, 6.07) is 17.6. The highest BCUT2D eigenvalue weighted by Gasteiger charge is 2.16. The van der Waals surface area contributed by atoms with Gasteiger partial charge in [0.2, 0.25) is 0 Å². The summed E-state index contributed by atoms with van der Waals surface area (Å²) in [4.78, 5) is 23.6. The molecule has 0 spiro atoms. The molecule has 0 fully saturated rings. The number of aromatic nitrogens is 2. The second-order valence-electron chi connectivity index (χ2n) is 7.38. The zero-order chi connectivity index (χ0) is 24.9. The normalized spacial score (nSPS) is 10.6. The number of ether oxygens (including phenoxy) is 2. The van der Waals surface area contributed by atoms with Gasteiger partial charge < -0.3 is 14.8 Å². The topological polar surface area (TPSA) is 109 Å². The molecule has 0 aliphatic heterocycles. The first kappa shape index (κ1) is 24.1. The molecule has 0 unspecified atom stereocenters. The van der Waals surface area contributed by atoms with Gasteiger partial charge in [0.15, 0.2) is 12.4 Å². The highest BCUT2D eigenvalue weighted by Crippen LogP contribution is 2.31. The first-order valence-electron chi connectivity index (χ1n) is 10.2. The fourth-order valence-corrected chi connectivity index (χ4v) is 3.56. The van der Waals surface area contributed by atoms with Gasteiger partial charge in [0.05, 0.1) is 21.7 Å². The first-order valence-corrected chi connectivity index (χ1v) is 11.0. The predicted molar refractivity (Wildman–Crippen MR) is 132 cm³/mol. The van der Waals surface area contributed by atoms with Crippen LogP contribution in [0.5, 0.6) is 17.2 Å². The highest BCUT2D eigenvalue weighted by atomic mass is 35.5. The van der Waals surface area contributed by atoms with E-state index in [2.05, 4.69) is 10.4 Å². The molecule has 9 nitrogen and oxygen atoms in total. The van der Waals surface area contributed by atoms with Crippen LogP contribution in [-0.4, -0.2) is 20.6 Å². The molecule has 1 aromatic heterocycles. The van der Waals surface area contributed by atoms with Crippen molar-refractivity contribution in [1.82, 2.24) is 9.78 Å². The average molecular weight is 513 g/mol. The quantitative estimate of drug-likeness (QED) is 0.213. The molecule has 0 atom stereocenters. The number of non-ortho nitro benzene ring substituents is 1. The second-order valence-corrected chi connectivity index (χ2v) is 8.23.